The lowest BCUT2D eigenvalue weighted by molar-refractivity contribution is 0.0602. The van der Waals surface area contributed by atoms with Crippen molar-refractivity contribution in [2.24, 2.45) is 5.41 Å². The molecule has 1 saturated heterocycles. The first-order valence-electron chi connectivity index (χ1n) is 11.3. The highest BCUT2D eigenvalue weighted by atomic mass is 16.5. The molecule has 174 valence electrons. The molecule has 0 bridgehead atoms. The molecular weight excluding hydrogens is 418 g/mol. The first kappa shape index (κ1) is 22.8. The van der Waals surface area contributed by atoms with E-state index in [2.05, 4.69) is 24.1 Å². The van der Waals surface area contributed by atoms with Crippen LogP contribution in [-0.2, 0) is 4.74 Å². The van der Waals surface area contributed by atoms with Crippen molar-refractivity contribution in [2.45, 2.75) is 46.6 Å². The van der Waals surface area contributed by atoms with Gasteiger partial charge >= 0.3 is 5.97 Å². The fraction of sp³-hybridized carbons (Fsp3) is 0.423. The second-order valence-electron chi connectivity index (χ2n) is 9.53. The summed E-state index contributed by atoms with van der Waals surface area (Å²) in [6, 6.07) is 10.2. The van der Waals surface area contributed by atoms with Crippen LogP contribution in [0.25, 0.3) is 11.0 Å². The molecule has 1 N–H and O–H groups in total. The number of anilines is 2. The van der Waals surface area contributed by atoms with Crippen molar-refractivity contribution in [1.29, 1.82) is 0 Å². The second-order valence-corrected chi connectivity index (χ2v) is 9.53. The number of carbonyl (C=O) groups is 1. The van der Waals surface area contributed by atoms with Crippen LogP contribution in [0.1, 0.15) is 61.4 Å². The topological polar surface area (TPSA) is 84.7 Å². The Morgan fingerprint density at radius 3 is 2.61 bits per heavy atom. The number of aryl methyl sites for hydroxylation is 1. The highest BCUT2D eigenvalue weighted by Gasteiger charge is 2.27. The van der Waals surface area contributed by atoms with Gasteiger partial charge in [0.25, 0.3) is 0 Å². The van der Waals surface area contributed by atoms with Crippen LogP contribution in [0, 0.1) is 12.3 Å². The Hall–Kier alpha value is -3.35. The molecule has 1 fully saturated rings. The highest BCUT2D eigenvalue weighted by molar-refractivity contribution is 5.95. The van der Waals surface area contributed by atoms with Crippen molar-refractivity contribution in [3.8, 4) is 0 Å². The minimum absolute atomic E-state index is 0.0787. The third-order valence-corrected chi connectivity index (χ3v) is 6.40. The number of fused-ring (bicyclic) bond motifs is 1. The van der Waals surface area contributed by atoms with Gasteiger partial charge in [-0.1, -0.05) is 26.0 Å². The fourth-order valence-electron chi connectivity index (χ4n) is 4.28. The molecule has 0 amide bonds. The number of esters is 1. The predicted molar refractivity (Wildman–Crippen MR) is 130 cm³/mol. The van der Waals surface area contributed by atoms with Gasteiger partial charge in [0.15, 0.2) is 16.9 Å². The van der Waals surface area contributed by atoms with E-state index in [1.807, 2.05) is 26.0 Å². The number of nitrogens with zero attached hydrogens (tertiary/aromatic N) is 2. The van der Waals surface area contributed by atoms with Gasteiger partial charge in [-0.3, -0.25) is 9.78 Å². The van der Waals surface area contributed by atoms with Gasteiger partial charge in [-0.2, -0.15) is 0 Å². The highest BCUT2D eigenvalue weighted by Crippen LogP contribution is 2.34. The average Bonchev–Trinajstić information content (AvgIpc) is 2.78. The third kappa shape index (κ3) is 4.72. The number of pyridine rings is 1. The number of benzene rings is 1. The molecule has 33 heavy (non-hydrogen) atoms. The summed E-state index contributed by atoms with van der Waals surface area (Å²) >= 11 is 0. The Kier molecular flexibility index (Phi) is 6.15. The van der Waals surface area contributed by atoms with Crippen molar-refractivity contribution in [1.82, 2.24) is 4.98 Å². The Balaban J connectivity index is 1.74. The number of hydrogen-bond acceptors (Lipinski definition) is 7. The second kappa shape index (κ2) is 8.89. The lowest BCUT2D eigenvalue weighted by Crippen LogP contribution is -2.37. The Labute approximate surface area is 193 Å². The van der Waals surface area contributed by atoms with Crippen LogP contribution in [0.15, 0.2) is 45.6 Å². The lowest BCUT2D eigenvalue weighted by Gasteiger charge is -2.37. The largest absolute Gasteiger partial charge is 0.465 e. The Morgan fingerprint density at radius 2 is 1.91 bits per heavy atom. The molecule has 3 heterocycles. The maximum Gasteiger partial charge on any atom is 0.339 e. The maximum atomic E-state index is 13.0. The first-order chi connectivity index (χ1) is 15.7. The van der Waals surface area contributed by atoms with E-state index < -0.39 is 5.97 Å². The van der Waals surface area contributed by atoms with E-state index in [1.54, 1.807) is 24.3 Å². The van der Waals surface area contributed by atoms with Gasteiger partial charge in [-0.25, -0.2) is 4.79 Å². The van der Waals surface area contributed by atoms with Crippen LogP contribution >= 0.6 is 0 Å². The summed E-state index contributed by atoms with van der Waals surface area (Å²) in [6.07, 6.45) is 2.08. The van der Waals surface area contributed by atoms with Crippen molar-refractivity contribution in [3.63, 3.8) is 0 Å². The van der Waals surface area contributed by atoms with Gasteiger partial charge in [-0.05, 0) is 50.3 Å². The summed E-state index contributed by atoms with van der Waals surface area (Å²) in [5, 5.41) is 3.86. The summed E-state index contributed by atoms with van der Waals surface area (Å²) in [5.41, 5.74) is 3.11. The molecule has 7 nitrogen and oxygen atoms in total. The Bertz CT molecular complexity index is 1240. The van der Waals surface area contributed by atoms with Gasteiger partial charge in [0.1, 0.15) is 5.69 Å². The predicted octanol–water partition coefficient (Wildman–Crippen LogP) is 5.08. The first-order valence-corrected chi connectivity index (χ1v) is 11.3. The van der Waals surface area contributed by atoms with Gasteiger partial charge in [0.05, 0.1) is 24.1 Å². The molecule has 3 aromatic rings. The van der Waals surface area contributed by atoms with Crippen molar-refractivity contribution < 1.29 is 13.9 Å². The SMILES string of the molecule is COC(=O)c1ccccc1NC(C)c1nc(C)cc2c(=O)cc(N3CCC(C)(C)CC3)oc12. The van der Waals surface area contributed by atoms with E-state index >= 15 is 0 Å². The molecule has 0 aliphatic carbocycles. The summed E-state index contributed by atoms with van der Waals surface area (Å²) in [4.78, 5) is 32.1. The van der Waals surface area contributed by atoms with Gasteiger partial charge in [-0.15, -0.1) is 0 Å². The minimum atomic E-state index is -0.422. The molecular formula is C26H31N3O4. The summed E-state index contributed by atoms with van der Waals surface area (Å²) in [6.45, 7) is 10.0. The number of methoxy groups -OCH3 is 1. The smallest absolute Gasteiger partial charge is 0.339 e. The van der Waals surface area contributed by atoms with Crippen LogP contribution in [0.4, 0.5) is 11.6 Å². The molecule has 1 unspecified atom stereocenters. The standard InChI is InChI=1S/C26H31N3O4/c1-16-14-19-21(30)15-22(29-12-10-26(3,4)11-13-29)33-24(19)23(27-16)17(2)28-20-9-7-6-8-18(20)25(31)32-5/h6-9,14-15,17,28H,10-13H2,1-5H3. The number of carbonyl (C=O) groups excluding carboxylic acids is 1. The molecule has 1 atom stereocenters. The molecule has 0 radical (unpaired) electrons. The molecule has 0 saturated carbocycles. The number of nitrogens with one attached hydrogen (secondary N) is 1. The van der Waals surface area contributed by atoms with E-state index in [1.165, 1.54) is 7.11 Å². The van der Waals surface area contributed by atoms with Crippen LogP contribution < -0.4 is 15.6 Å². The average molecular weight is 450 g/mol. The number of rotatable bonds is 5. The van der Waals surface area contributed by atoms with E-state index in [-0.39, 0.29) is 11.5 Å². The Morgan fingerprint density at radius 1 is 1.21 bits per heavy atom. The summed E-state index contributed by atoms with van der Waals surface area (Å²) in [5.74, 6) is 0.159. The normalized spacial score (nSPS) is 16.5. The van der Waals surface area contributed by atoms with Crippen LogP contribution in [0.3, 0.4) is 0 Å². The minimum Gasteiger partial charge on any atom is -0.465 e. The number of para-hydroxylation sites is 1. The zero-order valence-corrected chi connectivity index (χ0v) is 19.9. The molecule has 1 aliphatic rings. The summed E-state index contributed by atoms with van der Waals surface area (Å²) < 4.78 is 11.2. The van der Waals surface area contributed by atoms with E-state index in [9.17, 15) is 9.59 Å². The molecule has 1 aliphatic heterocycles. The van der Waals surface area contributed by atoms with E-state index in [0.29, 0.717) is 39.2 Å². The quantitative estimate of drug-likeness (QED) is 0.544. The lowest BCUT2D eigenvalue weighted by atomic mass is 9.83. The van der Waals surface area contributed by atoms with Crippen molar-refractivity contribution in [2.75, 3.05) is 30.4 Å². The summed E-state index contributed by atoms with van der Waals surface area (Å²) in [7, 11) is 1.36. The zero-order chi connectivity index (χ0) is 23.8. The molecule has 2 aromatic heterocycles. The van der Waals surface area contributed by atoms with Crippen molar-refractivity contribution in [3.05, 3.63) is 63.6 Å². The van der Waals surface area contributed by atoms with Crippen LogP contribution in [-0.4, -0.2) is 31.2 Å². The fourth-order valence-corrected chi connectivity index (χ4v) is 4.28. The molecule has 0 spiro atoms. The number of aromatic nitrogens is 1. The number of piperidine rings is 1. The maximum absolute atomic E-state index is 13.0. The molecule has 4 rings (SSSR count). The number of hydrogen-bond donors (Lipinski definition) is 1. The molecule has 7 heteroatoms. The molecule has 1 aromatic carbocycles. The monoisotopic (exact) mass is 449 g/mol. The van der Waals surface area contributed by atoms with Crippen molar-refractivity contribution >= 4 is 28.5 Å². The van der Waals surface area contributed by atoms with E-state index in [0.717, 1.165) is 31.6 Å². The van der Waals surface area contributed by atoms with Gasteiger partial charge < -0.3 is 19.4 Å². The number of ether oxygens (including phenoxy) is 1. The van der Waals surface area contributed by atoms with Gasteiger partial charge in [0.2, 0.25) is 0 Å². The third-order valence-electron chi connectivity index (χ3n) is 6.40. The van der Waals surface area contributed by atoms with E-state index in [4.69, 9.17) is 14.1 Å². The van der Waals surface area contributed by atoms with Crippen LogP contribution in [0.2, 0.25) is 0 Å². The van der Waals surface area contributed by atoms with Crippen LogP contribution in [0.5, 0.6) is 0 Å². The zero-order valence-electron chi connectivity index (χ0n) is 19.9. The van der Waals surface area contributed by atoms with Gasteiger partial charge in [0, 0.05) is 30.5 Å².